The third-order valence-electron chi connectivity index (χ3n) is 3.06. The van der Waals surface area contributed by atoms with Crippen molar-refractivity contribution in [3.63, 3.8) is 0 Å². The Bertz CT molecular complexity index is 250. The molecule has 0 radical (unpaired) electrons. The van der Waals surface area contributed by atoms with Gasteiger partial charge in [0, 0.05) is 19.6 Å². The smallest absolute Gasteiger partial charge is 0.324 e. The molecule has 1 aliphatic rings. The summed E-state index contributed by atoms with van der Waals surface area (Å²) in [5.41, 5.74) is -0.892. The molecule has 3 unspecified atom stereocenters. The van der Waals surface area contributed by atoms with E-state index in [9.17, 15) is 9.90 Å². The first-order chi connectivity index (χ1) is 7.37. The van der Waals surface area contributed by atoms with E-state index < -0.39 is 11.5 Å². The molecule has 0 aromatic heterocycles. The van der Waals surface area contributed by atoms with Crippen LogP contribution in [0.1, 0.15) is 20.8 Å². The first kappa shape index (κ1) is 13.4. The number of aliphatic carboxylic acids is 1. The first-order valence-corrected chi connectivity index (χ1v) is 5.67. The first-order valence-electron chi connectivity index (χ1n) is 5.67. The van der Waals surface area contributed by atoms with E-state index in [1.807, 2.05) is 13.8 Å². The number of carboxylic acid groups (broad SMARTS) is 1. The van der Waals surface area contributed by atoms with Crippen LogP contribution in [0.2, 0.25) is 0 Å². The van der Waals surface area contributed by atoms with Gasteiger partial charge in [0.2, 0.25) is 0 Å². The molecule has 0 aliphatic carbocycles. The second-order valence-corrected chi connectivity index (χ2v) is 4.84. The summed E-state index contributed by atoms with van der Waals surface area (Å²) >= 11 is 0. The molecule has 94 valence electrons. The second kappa shape index (κ2) is 5.12. The second-order valence-electron chi connectivity index (χ2n) is 4.84. The molecule has 0 aromatic rings. The number of nitrogens with zero attached hydrogens (tertiary/aromatic N) is 1. The Morgan fingerprint density at radius 1 is 1.50 bits per heavy atom. The molecule has 0 aromatic carbocycles. The highest BCUT2D eigenvalue weighted by molar-refractivity contribution is 5.78. The average molecular weight is 230 g/mol. The molecule has 5 heteroatoms. The van der Waals surface area contributed by atoms with Crippen molar-refractivity contribution in [2.75, 3.05) is 26.7 Å². The number of carbonyl (C=O) groups is 1. The van der Waals surface area contributed by atoms with Gasteiger partial charge in [0.15, 0.2) is 0 Å². The van der Waals surface area contributed by atoms with Crippen molar-refractivity contribution in [1.82, 2.24) is 10.2 Å². The van der Waals surface area contributed by atoms with E-state index >= 15 is 0 Å². The Hall–Kier alpha value is -0.650. The molecule has 0 amide bonds. The van der Waals surface area contributed by atoms with Crippen molar-refractivity contribution >= 4 is 5.97 Å². The molecule has 5 nitrogen and oxygen atoms in total. The van der Waals surface area contributed by atoms with Crippen LogP contribution in [0.3, 0.4) is 0 Å². The van der Waals surface area contributed by atoms with E-state index in [0.29, 0.717) is 6.54 Å². The number of hydrogen-bond acceptors (Lipinski definition) is 4. The lowest BCUT2D eigenvalue weighted by atomic mass is 10.0. The topological polar surface area (TPSA) is 61.8 Å². The zero-order valence-electron chi connectivity index (χ0n) is 10.5. The number of rotatable bonds is 4. The third kappa shape index (κ3) is 3.17. The van der Waals surface area contributed by atoms with E-state index in [4.69, 9.17) is 4.74 Å². The summed E-state index contributed by atoms with van der Waals surface area (Å²) in [6, 6.07) is 0. The van der Waals surface area contributed by atoms with Crippen LogP contribution in [0, 0.1) is 0 Å². The number of ether oxygens (including phenoxy) is 1. The summed E-state index contributed by atoms with van der Waals surface area (Å²) in [7, 11) is 1.68. The van der Waals surface area contributed by atoms with Crippen molar-refractivity contribution in [2.45, 2.75) is 38.5 Å². The molecule has 1 aliphatic heterocycles. The maximum absolute atomic E-state index is 11.2. The summed E-state index contributed by atoms with van der Waals surface area (Å²) in [4.78, 5) is 13.3. The lowest BCUT2D eigenvalue weighted by Crippen LogP contribution is -2.58. The minimum Gasteiger partial charge on any atom is -0.480 e. The minimum absolute atomic E-state index is 0.165. The van der Waals surface area contributed by atoms with Gasteiger partial charge in [0.05, 0.1) is 12.2 Å². The van der Waals surface area contributed by atoms with E-state index in [1.165, 1.54) is 0 Å². The number of carboxylic acids is 1. The summed E-state index contributed by atoms with van der Waals surface area (Å²) in [6.45, 7) is 7.81. The molecule has 0 saturated carbocycles. The van der Waals surface area contributed by atoms with Gasteiger partial charge in [-0.2, -0.15) is 0 Å². The van der Waals surface area contributed by atoms with Crippen molar-refractivity contribution in [1.29, 1.82) is 0 Å². The summed E-state index contributed by atoms with van der Waals surface area (Å²) in [5, 5.41) is 12.0. The van der Waals surface area contributed by atoms with E-state index in [-0.39, 0.29) is 12.2 Å². The molecule has 2 N–H and O–H groups in total. The Morgan fingerprint density at radius 3 is 2.38 bits per heavy atom. The predicted octanol–water partition coefficient (Wildman–Crippen LogP) is 0.158. The zero-order chi connectivity index (χ0) is 12.3. The highest BCUT2D eigenvalue weighted by Crippen LogP contribution is 2.14. The molecule has 0 spiro atoms. The molecule has 1 rings (SSSR count). The zero-order valence-corrected chi connectivity index (χ0v) is 10.5. The minimum atomic E-state index is -0.892. The van der Waals surface area contributed by atoms with Gasteiger partial charge in [-0.1, -0.05) is 0 Å². The van der Waals surface area contributed by atoms with Crippen LogP contribution in [0.15, 0.2) is 0 Å². The van der Waals surface area contributed by atoms with Crippen LogP contribution < -0.4 is 5.32 Å². The lowest BCUT2D eigenvalue weighted by molar-refractivity contribution is -0.146. The third-order valence-corrected chi connectivity index (χ3v) is 3.06. The molecule has 0 bridgehead atoms. The van der Waals surface area contributed by atoms with Gasteiger partial charge < -0.3 is 15.2 Å². The molecule has 1 fully saturated rings. The van der Waals surface area contributed by atoms with Gasteiger partial charge in [-0.25, -0.2) is 0 Å². The fourth-order valence-corrected chi connectivity index (χ4v) is 2.11. The van der Waals surface area contributed by atoms with Gasteiger partial charge in [-0.15, -0.1) is 0 Å². The SMILES string of the molecule is CNC(C)(CN1CC(C)OC(C)C1)C(=O)O. The quantitative estimate of drug-likeness (QED) is 0.720. The number of morpholine rings is 1. The predicted molar refractivity (Wildman–Crippen MR) is 61.5 cm³/mol. The summed E-state index contributed by atoms with van der Waals surface area (Å²) in [5.74, 6) is -0.818. The summed E-state index contributed by atoms with van der Waals surface area (Å²) in [6.07, 6.45) is 0.331. The highest BCUT2D eigenvalue weighted by atomic mass is 16.5. The summed E-state index contributed by atoms with van der Waals surface area (Å²) < 4.78 is 5.62. The molecule has 1 saturated heterocycles. The normalized spacial score (nSPS) is 31.0. The molecule has 16 heavy (non-hydrogen) atoms. The lowest BCUT2D eigenvalue weighted by Gasteiger charge is -2.39. The number of hydrogen-bond donors (Lipinski definition) is 2. The monoisotopic (exact) mass is 230 g/mol. The van der Waals surface area contributed by atoms with Crippen molar-refractivity contribution < 1.29 is 14.6 Å². The maximum Gasteiger partial charge on any atom is 0.324 e. The largest absolute Gasteiger partial charge is 0.480 e. The van der Waals surface area contributed by atoms with E-state index in [2.05, 4.69) is 10.2 Å². The van der Waals surface area contributed by atoms with Gasteiger partial charge in [0.1, 0.15) is 5.54 Å². The van der Waals surface area contributed by atoms with Gasteiger partial charge in [-0.05, 0) is 27.8 Å². The van der Waals surface area contributed by atoms with Crippen molar-refractivity contribution in [2.24, 2.45) is 0 Å². The van der Waals surface area contributed by atoms with Crippen molar-refractivity contribution in [3.05, 3.63) is 0 Å². The van der Waals surface area contributed by atoms with Crippen LogP contribution in [0.25, 0.3) is 0 Å². The molecular formula is C11H22N2O3. The van der Waals surface area contributed by atoms with E-state index in [0.717, 1.165) is 13.1 Å². The molecule has 3 atom stereocenters. The average Bonchev–Trinajstić information content (AvgIpc) is 2.15. The highest BCUT2D eigenvalue weighted by Gasteiger charge is 2.35. The fourth-order valence-electron chi connectivity index (χ4n) is 2.11. The number of likely N-dealkylation sites (N-methyl/N-ethyl adjacent to an activating group) is 1. The van der Waals surface area contributed by atoms with Gasteiger partial charge in [0.25, 0.3) is 0 Å². The Labute approximate surface area is 96.8 Å². The maximum atomic E-state index is 11.2. The fraction of sp³-hybridized carbons (Fsp3) is 0.909. The van der Waals surface area contributed by atoms with Crippen LogP contribution >= 0.6 is 0 Å². The van der Waals surface area contributed by atoms with Crippen LogP contribution in [0.5, 0.6) is 0 Å². The Balaban J connectivity index is 2.61. The number of nitrogens with one attached hydrogen (secondary N) is 1. The van der Waals surface area contributed by atoms with Crippen LogP contribution in [0.4, 0.5) is 0 Å². The Morgan fingerprint density at radius 2 is 2.00 bits per heavy atom. The molecule has 1 heterocycles. The standard InChI is InChI=1S/C11H22N2O3/c1-8-5-13(6-9(2)16-8)7-11(3,12-4)10(14)15/h8-9,12H,5-7H2,1-4H3,(H,14,15). The van der Waals surface area contributed by atoms with Crippen molar-refractivity contribution in [3.8, 4) is 0 Å². The van der Waals surface area contributed by atoms with Gasteiger partial charge >= 0.3 is 5.97 Å². The van der Waals surface area contributed by atoms with Gasteiger partial charge in [-0.3, -0.25) is 9.69 Å². The van der Waals surface area contributed by atoms with Crippen LogP contribution in [-0.4, -0.2) is 60.4 Å². The van der Waals surface area contributed by atoms with Crippen LogP contribution in [-0.2, 0) is 9.53 Å². The molecular weight excluding hydrogens is 208 g/mol. The van der Waals surface area contributed by atoms with E-state index in [1.54, 1.807) is 14.0 Å². The Kier molecular flexibility index (Phi) is 4.29.